The summed E-state index contributed by atoms with van der Waals surface area (Å²) < 4.78 is 13.9. The van der Waals surface area contributed by atoms with Crippen molar-refractivity contribution in [3.63, 3.8) is 0 Å². The Balaban J connectivity index is 2.06. The number of nitrogens with zero attached hydrogens (tertiary/aromatic N) is 1. The first-order chi connectivity index (χ1) is 8.16. The fraction of sp³-hybridized carbons (Fsp3) is 0.333. The van der Waals surface area contributed by atoms with Gasteiger partial charge in [-0.05, 0) is 25.0 Å². The maximum absolute atomic E-state index is 13.9. The molecule has 0 aromatic heterocycles. The van der Waals surface area contributed by atoms with Crippen LogP contribution in [0.15, 0.2) is 12.1 Å². The van der Waals surface area contributed by atoms with Crippen LogP contribution in [-0.4, -0.2) is 24.8 Å². The summed E-state index contributed by atoms with van der Waals surface area (Å²) >= 11 is 0. The SMILES string of the molecule is O=C1Nc2cc(N3CCCC3)c(F)cc2C1=O. The Morgan fingerprint density at radius 3 is 2.59 bits per heavy atom. The average Bonchev–Trinajstić information content (AvgIpc) is 2.90. The number of ketones is 1. The summed E-state index contributed by atoms with van der Waals surface area (Å²) in [4.78, 5) is 24.5. The van der Waals surface area contributed by atoms with Crippen LogP contribution < -0.4 is 10.2 Å². The van der Waals surface area contributed by atoms with Gasteiger partial charge in [0.2, 0.25) is 0 Å². The molecule has 2 aliphatic heterocycles. The highest BCUT2D eigenvalue weighted by Gasteiger charge is 2.30. The van der Waals surface area contributed by atoms with Gasteiger partial charge in [0.25, 0.3) is 11.7 Å². The fourth-order valence-corrected chi connectivity index (χ4v) is 2.35. The maximum Gasteiger partial charge on any atom is 0.296 e. The third-order valence-electron chi connectivity index (χ3n) is 3.23. The van der Waals surface area contributed by atoms with Gasteiger partial charge in [0.15, 0.2) is 0 Å². The van der Waals surface area contributed by atoms with Gasteiger partial charge in [-0.2, -0.15) is 0 Å². The summed E-state index contributed by atoms with van der Waals surface area (Å²) in [6.07, 6.45) is 2.09. The van der Waals surface area contributed by atoms with Crippen LogP contribution in [0.5, 0.6) is 0 Å². The number of halogens is 1. The second-order valence-corrected chi connectivity index (χ2v) is 4.33. The van der Waals surface area contributed by atoms with Crippen LogP contribution in [0.1, 0.15) is 23.2 Å². The number of carbonyl (C=O) groups excluding carboxylic acids is 2. The van der Waals surface area contributed by atoms with Gasteiger partial charge in [0, 0.05) is 13.1 Å². The lowest BCUT2D eigenvalue weighted by molar-refractivity contribution is -0.112. The summed E-state index contributed by atoms with van der Waals surface area (Å²) in [7, 11) is 0. The molecule has 1 aromatic carbocycles. The summed E-state index contributed by atoms with van der Waals surface area (Å²) in [6, 6.07) is 2.71. The van der Waals surface area contributed by atoms with Gasteiger partial charge < -0.3 is 10.2 Å². The van der Waals surface area contributed by atoms with E-state index in [1.165, 1.54) is 0 Å². The van der Waals surface area contributed by atoms with Gasteiger partial charge in [0.05, 0.1) is 16.9 Å². The van der Waals surface area contributed by atoms with E-state index in [0.717, 1.165) is 32.0 Å². The zero-order valence-corrected chi connectivity index (χ0v) is 9.12. The van der Waals surface area contributed by atoms with Crippen molar-refractivity contribution < 1.29 is 14.0 Å². The van der Waals surface area contributed by atoms with Gasteiger partial charge in [-0.3, -0.25) is 9.59 Å². The van der Waals surface area contributed by atoms with Gasteiger partial charge >= 0.3 is 0 Å². The number of rotatable bonds is 1. The zero-order chi connectivity index (χ0) is 12.0. The van der Waals surface area contributed by atoms with E-state index in [1.54, 1.807) is 6.07 Å². The van der Waals surface area contributed by atoms with Crippen LogP contribution in [-0.2, 0) is 4.79 Å². The van der Waals surface area contributed by atoms with Crippen LogP contribution in [0.3, 0.4) is 0 Å². The molecule has 0 radical (unpaired) electrons. The minimum atomic E-state index is -0.682. The monoisotopic (exact) mass is 234 g/mol. The second-order valence-electron chi connectivity index (χ2n) is 4.33. The number of amides is 1. The zero-order valence-electron chi connectivity index (χ0n) is 9.12. The average molecular weight is 234 g/mol. The van der Waals surface area contributed by atoms with E-state index < -0.39 is 17.5 Å². The molecular formula is C12H11FN2O2. The Morgan fingerprint density at radius 1 is 1.18 bits per heavy atom. The Morgan fingerprint density at radius 2 is 1.88 bits per heavy atom. The second kappa shape index (κ2) is 3.55. The first-order valence-electron chi connectivity index (χ1n) is 5.61. The van der Waals surface area contributed by atoms with E-state index >= 15 is 0 Å². The van der Waals surface area contributed by atoms with Crippen molar-refractivity contribution in [1.82, 2.24) is 0 Å². The molecule has 0 spiro atoms. The maximum atomic E-state index is 13.9. The summed E-state index contributed by atoms with van der Waals surface area (Å²) in [5.41, 5.74) is 1.02. The van der Waals surface area contributed by atoms with Crippen molar-refractivity contribution in [3.05, 3.63) is 23.5 Å². The van der Waals surface area contributed by atoms with Crippen molar-refractivity contribution >= 4 is 23.1 Å². The molecular weight excluding hydrogens is 223 g/mol. The van der Waals surface area contributed by atoms with Crippen molar-refractivity contribution in [2.45, 2.75) is 12.8 Å². The molecule has 1 fully saturated rings. The number of anilines is 2. The summed E-state index contributed by atoms with van der Waals surface area (Å²) in [5, 5.41) is 2.46. The molecule has 1 amide bonds. The number of benzene rings is 1. The van der Waals surface area contributed by atoms with Crippen molar-refractivity contribution in [1.29, 1.82) is 0 Å². The summed E-state index contributed by atoms with van der Waals surface area (Å²) in [5.74, 6) is -1.78. The van der Waals surface area contributed by atoms with Crippen molar-refractivity contribution in [2.75, 3.05) is 23.3 Å². The van der Waals surface area contributed by atoms with Gasteiger partial charge in [0.1, 0.15) is 5.82 Å². The number of nitrogens with one attached hydrogen (secondary N) is 1. The standard InChI is InChI=1S/C12H11FN2O2/c13-8-5-7-9(14-12(17)11(7)16)6-10(8)15-3-1-2-4-15/h5-6H,1-4H2,(H,14,16,17). The van der Waals surface area contributed by atoms with E-state index in [4.69, 9.17) is 0 Å². The lowest BCUT2D eigenvalue weighted by Gasteiger charge is -2.19. The van der Waals surface area contributed by atoms with E-state index in [-0.39, 0.29) is 5.56 Å². The normalized spacial score (nSPS) is 18.5. The Kier molecular flexibility index (Phi) is 2.14. The Bertz CT molecular complexity index is 521. The van der Waals surface area contributed by atoms with Gasteiger partial charge in [-0.1, -0.05) is 0 Å². The minimum absolute atomic E-state index is 0.135. The molecule has 0 atom stereocenters. The number of Topliss-reactive ketones (excluding diaryl/α,β-unsaturated/α-hetero) is 1. The molecule has 5 heteroatoms. The highest BCUT2D eigenvalue weighted by molar-refractivity contribution is 6.51. The molecule has 0 saturated carbocycles. The number of fused-ring (bicyclic) bond motifs is 1. The van der Waals surface area contributed by atoms with Crippen LogP contribution in [0.2, 0.25) is 0 Å². The molecule has 2 heterocycles. The van der Waals surface area contributed by atoms with Crippen LogP contribution >= 0.6 is 0 Å². The Hall–Kier alpha value is -1.91. The topological polar surface area (TPSA) is 49.4 Å². The minimum Gasteiger partial charge on any atom is -0.369 e. The molecule has 1 aromatic rings. The highest BCUT2D eigenvalue weighted by atomic mass is 19.1. The summed E-state index contributed by atoms with van der Waals surface area (Å²) in [6.45, 7) is 1.63. The first kappa shape index (κ1) is 10.3. The van der Waals surface area contributed by atoms with E-state index in [1.807, 2.05) is 4.90 Å². The number of hydrogen-bond donors (Lipinski definition) is 1. The lowest BCUT2D eigenvalue weighted by Crippen LogP contribution is -2.19. The van der Waals surface area contributed by atoms with E-state index in [0.29, 0.717) is 11.4 Å². The highest BCUT2D eigenvalue weighted by Crippen LogP contribution is 2.32. The van der Waals surface area contributed by atoms with E-state index in [9.17, 15) is 14.0 Å². The molecule has 0 unspecified atom stereocenters. The smallest absolute Gasteiger partial charge is 0.296 e. The third kappa shape index (κ3) is 1.50. The van der Waals surface area contributed by atoms with Gasteiger partial charge in [-0.15, -0.1) is 0 Å². The third-order valence-corrected chi connectivity index (χ3v) is 3.23. The number of carbonyl (C=O) groups is 2. The van der Waals surface area contributed by atoms with Crippen LogP contribution in [0, 0.1) is 5.82 Å². The molecule has 0 aliphatic carbocycles. The lowest BCUT2D eigenvalue weighted by atomic mass is 10.1. The molecule has 1 saturated heterocycles. The molecule has 17 heavy (non-hydrogen) atoms. The molecule has 1 N–H and O–H groups in total. The first-order valence-corrected chi connectivity index (χ1v) is 5.61. The molecule has 0 bridgehead atoms. The van der Waals surface area contributed by atoms with E-state index in [2.05, 4.69) is 5.32 Å². The van der Waals surface area contributed by atoms with Gasteiger partial charge in [-0.25, -0.2) is 4.39 Å². The predicted octanol–water partition coefficient (Wildman–Crippen LogP) is 1.56. The quantitative estimate of drug-likeness (QED) is 0.750. The largest absolute Gasteiger partial charge is 0.369 e. The molecule has 88 valence electrons. The van der Waals surface area contributed by atoms with Crippen LogP contribution in [0.4, 0.5) is 15.8 Å². The molecule has 4 nitrogen and oxygen atoms in total. The molecule has 2 aliphatic rings. The van der Waals surface area contributed by atoms with Crippen molar-refractivity contribution in [2.24, 2.45) is 0 Å². The van der Waals surface area contributed by atoms with Crippen molar-refractivity contribution in [3.8, 4) is 0 Å². The fourth-order valence-electron chi connectivity index (χ4n) is 2.35. The molecule has 3 rings (SSSR count). The number of hydrogen-bond acceptors (Lipinski definition) is 3. The predicted molar refractivity (Wildman–Crippen MR) is 60.8 cm³/mol. The van der Waals surface area contributed by atoms with Crippen LogP contribution in [0.25, 0.3) is 0 Å². The Labute approximate surface area is 97.4 Å².